The Morgan fingerprint density at radius 2 is 1.50 bits per heavy atom. The van der Waals surface area contributed by atoms with Crippen molar-refractivity contribution in [2.75, 3.05) is 49.4 Å². The van der Waals surface area contributed by atoms with Crippen LogP contribution in [-0.4, -0.2) is 54.3 Å². The topological polar surface area (TPSA) is 67.9 Å². The van der Waals surface area contributed by atoms with Gasteiger partial charge in [-0.25, -0.2) is 0 Å². The summed E-state index contributed by atoms with van der Waals surface area (Å²) in [5.74, 6) is 3.64. The number of hydrogen-bond donors (Lipinski definition) is 0. The third-order valence-electron chi connectivity index (χ3n) is 6.96. The van der Waals surface area contributed by atoms with E-state index in [1.807, 2.05) is 12.1 Å². The van der Waals surface area contributed by atoms with Crippen LogP contribution in [0.2, 0.25) is 0 Å². The quantitative estimate of drug-likeness (QED) is 0.688. The molecule has 0 saturated carbocycles. The Balaban J connectivity index is 1.77. The number of fused-ring (bicyclic) bond motifs is 7. The highest BCUT2D eigenvalue weighted by Gasteiger charge is 2.49. The summed E-state index contributed by atoms with van der Waals surface area (Å²) in [7, 11) is 10.5. The second-order valence-corrected chi connectivity index (χ2v) is 8.24. The first-order chi connectivity index (χ1) is 15.6. The number of likely N-dealkylation sites (N-methyl/N-ethyl adjacent to an activating group) is 1. The standard InChI is InChI=1S/C24H29NO7/c1-25-22-13-8-17(28-4)16(27-3)7-12(13)15(26-2)9-14(22)20-18(29-5)10-19-23(32-11-31-19)21(20)24(25)30-6/h7-8,10,14-15,22,24H,9,11H2,1-6H3/t14?,15?,22?,24-/m0/s1. The first-order valence-electron chi connectivity index (χ1n) is 10.6. The summed E-state index contributed by atoms with van der Waals surface area (Å²) in [4.78, 5) is 2.24. The van der Waals surface area contributed by atoms with Crippen molar-refractivity contribution in [3.05, 3.63) is 40.5 Å². The Morgan fingerprint density at radius 3 is 2.12 bits per heavy atom. The van der Waals surface area contributed by atoms with Gasteiger partial charge in [0.1, 0.15) is 12.0 Å². The third-order valence-corrected chi connectivity index (χ3v) is 6.96. The van der Waals surface area contributed by atoms with Crippen molar-refractivity contribution >= 4 is 0 Å². The van der Waals surface area contributed by atoms with Gasteiger partial charge in [0.05, 0.1) is 27.4 Å². The van der Waals surface area contributed by atoms with E-state index in [1.54, 1.807) is 35.5 Å². The van der Waals surface area contributed by atoms with Gasteiger partial charge in [0.25, 0.3) is 0 Å². The monoisotopic (exact) mass is 443 g/mol. The minimum Gasteiger partial charge on any atom is -0.496 e. The average molecular weight is 443 g/mol. The highest BCUT2D eigenvalue weighted by molar-refractivity contribution is 5.63. The van der Waals surface area contributed by atoms with Crippen molar-refractivity contribution in [3.8, 4) is 28.7 Å². The van der Waals surface area contributed by atoms with Crippen LogP contribution in [0.25, 0.3) is 0 Å². The van der Waals surface area contributed by atoms with Crippen LogP contribution in [0.4, 0.5) is 0 Å². The lowest BCUT2D eigenvalue weighted by Gasteiger charge is -2.49. The van der Waals surface area contributed by atoms with E-state index in [9.17, 15) is 0 Å². The number of benzene rings is 2. The molecule has 3 aliphatic rings. The van der Waals surface area contributed by atoms with Gasteiger partial charge in [-0.3, -0.25) is 4.90 Å². The SMILES string of the molecule is COc1cc2c(cc1OC)C1C(CC2OC)c2c(OC)cc3c(c2[C@H](OC)N1C)OCO3. The number of nitrogens with zero attached hydrogens (tertiary/aromatic N) is 1. The van der Waals surface area contributed by atoms with Gasteiger partial charge in [-0.2, -0.15) is 0 Å². The first-order valence-corrected chi connectivity index (χ1v) is 10.6. The van der Waals surface area contributed by atoms with Crippen molar-refractivity contribution in [1.82, 2.24) is 4.90 Å². The van der Waals surface area contributed by atoms with Gasteiger partial charge < -0.3 is 33.2 Å². The van der Waals surface area contributed by atoms with Crippen LogP contribution in [-0.2, 0) is 9.47 Å². The fourth-order valence-electron chi connectivity index (χ4n) is 5.64. The molecule has 0 N–H and O–H groups in total. The molecule has 32 heavy (non-hydrogen) atoms. The molecular weight excluding hydrogens is 414 g/mol. The minimum atomic E-state index is -0.336. The van der Waals surface area contributed by atoms with Crippen molar-refractivity contribution in [3.63, 3.8) is 0 Å². The van der Waals surface area contributed by atoms with Crippen molar-refractivity contribution in [1.29, 1.82) is 0 Å². The highest BCUT2D eigenvalue weighted by atomic mass is 16.7. The van der Waals surface area contributed by atoms with Gasteiger partial charge in [0.2, 0.25) is 6.79 Å². The molecule has 0 aromatic heterocycles. The largest absolute Gasteiger partial charge is 0.496 e. The lowest BCUT2D eigenvalue weighted by molar-refractivity contribution is -0.0721. The molecule has 2 aliphatic heterocycles. The maximum Gasteiger partial charge on any atom is 0.231 e. The van der Waals surface area contributed by atoms with Crippen molar-refractivity contribution < 1.29 is 33.2 Å². The molecule has 2 aromatic rings. The van der Waals surface area contributed by atoms with Gasteiger partial charge in [-0.1, -0.05) is 0 Å². The molecule has 0 fully saturated rings. The lowest BCUT2D eigenvalue weighted by atomic mass is 9.70. The molecule has 172 valence electrons. The molecule has 2 heterocycles. The zero-order valence-electron chi connectivity index (χ0n) is 19.3. The van der Waals surface area contributed by atoms with Crippen LogP contribution in [0, 0.1) is 0 Å². The first kappa shape index (κ1) is 21.2. The normalized spacial score (nSPS) is 25.6. The van der Waals surface area contributed by atoms with Gasteiger partial charge >= 0.3 is 0 Å². The average Bonchev–Trinajstić information content (AvgIpc) is 3.30. The van der Waals surface area contributed by atoms with E-state index in [4.69, 9.17) is 33.2 Å². The summed E-state index contributed by atoms with van der Waals surface area (Å²) >= 11 is 0. The zero-order valence-corrected chi connectivity index (χ0v) is 19.3. The highest BCUT2D eigenvalue weighted by Crippen LogP contribution is 2.61. The van der Waals surface area contributed by atoms with Crippen LogP contribution in [0.1, 0.15) is 53.0 Å². The smallest absolute Gasteiger partial charge is 0.231 e. The molecule has 0 spiro atoms. The summed E-state index contributed by atoms with van der Waals surface area (Å²) in [5, 5.41) is 0. The van der Waals surface area contributed by atoms with E-state index in [-0.39, 0.29) is 31.1 Å². The molecule has 8 nitrogen and oxygen atoms in total. The van der Waals surface area contributed by atoms with Gasteiger partial charge in [0, 0.05) is 43.4 Å². The van der Waals surface area contributed by atoms with Crippen molar-refractivity contribution in [2.45, 2.75) is 30.7 Å². The Morgan fingerprint density at radius 1 is 0.812 bits per heavy atom. The molecule has 0 radical (unpaired) electrons. The molecule has 5 rings (SSSR count). The van der Waals surface area contributed by atoms with Crippen LogP contribution < -0.4 is 23.7 Å². The molecule has 1 aliphatic carbocycles. The van der Waals surface area contributed by atoms with Crippen LogP contribution >= 0.6 is 0 Å². The molecule has 0 amide bonds. The van der Waals surface area contributed by atoms with E-state index in [2.05, 4.69) is 18.0 Å². The van der Waals surface area contributed by atoms with E-state index >= 15 is 0 Å². The van der Waals surface area contributed by atoms with E-state index in [0.717, 1.165) is 40.2 Å². The van der Waals surface area contributed by atoms with E-state index in [0.29, 0.717) is 17.2 Å². The summed E-state index contributed by atoms with van der Waals surface area (Å²) in [6.07, 6.45) is 0.325. The zero-order chi connectivity index (χ0) is 22.6. The van der Waals surface area contributed by atoms with Crippen LogP contribution in [0.15, 0.2) is 18.2 Å². The number of ether oxygens (including phenoxy) is 7. The van der Waals surface area contributed by atoms with E-state index in [1.165, 1.54) is 0 Å². The molecule has 8 heteroatoms. The Bertz CT molecular complexity index is 1040. The summed E-state index contributed by atoms with van der Waals surface area (Å²) in [5.41, 5.74) is 4.26. The van der Waals surface area contributed by atoms with Crippen molar-refractivity contribution in [2.24, 2.45) is 0 Å². The fraction of sp³-hybridized carbons (Fsp3) is 0.500. The van der Waals surface area contributed by atoms with Crippen LogP contribution in [0.5, 0.6) is 28.7 Å². The van der Waals surface area contributed by atoms with Crippen LogP contribution in [0.3, 0.4) is 0 Å². The molecule has 3 unspecified atom stereocenters. The summed E-state index contributed by atoms with van der Waals surface area (Å²) < 4.78 is 40.6. The molecular formula is C24H29NO7. The van der Waals surface area contributed by atoms with Gasteiger partial charge in [0.15, 0.2) is 23.0 Å². The summed E-state index contributed by atoms with van der Waals surface area (Å²) in [6.45, 7) is 0.184. The third kappa shape index (κ3) is 2.86. The lowest BCUT2D eigenvalue weighted by Crippen LogP contribution is -2.42. The maximum absolute atomic E-state index is 6.02. The predicted octanol–water partition coefficient (Wildman–Crippen LogP) is 3.95. The molecule has 0 saturated heterocycles. The number of rotatable bonds is 5. The Kier molecular flexibility index (Phi) is 5.31. The second kappa shape index (κ2) is 8.03. The predicted molar refractivity (Wildman–Crippen MR) is 116 cm³/mol. The Hall–Kier alpha value is -2.68. The fourth-order valence-corrected chi connectivity index (χ4v) is 5.64. The number of hydrogen-bond acceptors (Lipinski definition) is 8. The maximum atomic E-state index is 6.02. The second-order valence-electron chi connectivity index (χ2n) is 8.24. The molecule has 4 atom stereocenters. The van der Waals surface area contributed by atoms with Gasteiger partial charge in [-0.15, -0.1) is 0 Å². The molecule has 2 aromatic carbocycles. The Labute approximate surface area is 187 Å². The molecule has 0 bridgehead atoms. The van der Waals surface area contributed by atoms with E-state index < -0.39 is 0 Å². The van der Waals surface area contributed by atoms with Gasteiger partial charge in [-0.05, 0) is 36.7 Å². The summed E-state index contributed by atoms with van der Waals surface area (Å²) in [6, 6.07) is 6.02. The number of methoxy groups -OCH3 is 5. The minimum absolute atomic E-state index is 0.0166.